The fourth-order valence-electron chi connectivity index (χ4n) is 5.11. The molecule has 4 aliphatic carbocycles. The van der Waals surface area contributed by atoms with Gasteiger partial charge in [-0.1, -0.05) is 0 Å². The summed E-state index contributed by atoms with van der Waals surface area (Å²) in [6, 6.07) is 0. The standard InChI is InChI=1S/C17H22O6/c1-7-12(23-5)11-10(17(4,22)13(7)19)8-6-9(18)15(11,2)14(20)16(8,3)21/h8,10-11,21-22H,6H2,1-5H3/t8-,10+,11-,15+,16+,17+/m1/s1. The van der Waals surface area contributed by atoms with E-state index in [4.69, 9.17) is 4.74 Å². The van der Waals surface area contributed by atoms with E-state index in [0.29, 0.717) is 0 Å². The van der Waals surface area contributed by atoms with E-state index in [1.165, 1.54) is 34.8 Å². The zero-order valence-electron chi connectivity index (χ0n) is 14.0. The van der Waals surface area contributed by atoms with Crippen molar-refractivity contribution in [2.24, 2.45) is 23.2 Å². The first-order valence-corrected chi connectivity index (χ1v) is 7.76. The second-order valence-corrected chi connectivity index (χ2v) is 7.59. The van der Waals surface area contributed by atoms with Crippen LogP contribution < -0.4 is 0 Å². The third-order valence-corrected chi connectivity index (χ3v) is 6.37. The van der Waals surface area contributed by atoms with Crippen molar-refractivity contribution in [3.05, 3.63) is 11.3 Å². The van der Waals surface area contributed by atoms with Crippen LogP contribution in [0, 0.1) is 23.2 Å². The Labute approximate surface area is 134 Å². The molecule has 2 bridgehead atoms. The van der Waals surface area contributed by atoms with E-state index < -0.39 is 45.9 Å². The van der Waals surface area contributed by atoms with Gasteiger partial charge in [0.1, 0.15) is 22.7 Å². The van der Waals surface area contributed by atoms with Gasteiger partial charge in [-0.25, -0.2) is 0 Å². The summed E-state index contributed by atoms with van der Waals surface area (Å²) in [5.74, 6) is -3.33. The summed E-state index contributed by atoms with van der Waals surface area (Å²) >= 11 is 0. The van der Waals surface area contributed by atoms with Crippen molar-refractivity contribution in [3.8, 4) is 0 Å². The van der Waals surface area contributed by atoms with Crippen LogP contribution in [0.3, 0.4) is 0 Å². The Morgan fingerprint density at radius 2 is 1.65 bits per heavy atom. The lowest BCUT2D eigenvalue weighted by molar-refractivity contribution is -0.212. The summed E-state index contributed by atoms with van der Waals surface area (Å²) < 4.78 is 5.38. The Kier molecular flexibility index (Phi) is 3.05. The zero-order chi connectivity index (χ0) is 17.5. The maximum absolute atomic E-state index is 12.8. The molecule has 4 aliphatic rings. The minimum Gasteiger partial charge on any atom is -0.500 e. The number of ether oxygens (including phenoxy) is 1. The second kappa shape index (κ2) is 4.30. The quantitative estimate of drug-likeness (QED) is 0.678. The highest BCUT2D eigenvalue weighted by Gasteiger charge is 2.74. The van der Waals surface area contributed by atoms with Crippen LogP contribution in [-0.2, 0) is 19.1 Å². The number of allylic oxidation sites excluding steroid dienone is 1. The molecule has 6 heteroatoms. The Balaban J connectivity index is 2.35. The number of carbonyl (C=O) groups is 3. The van der Waals surface area contributed by atoms with Gasteiger partial charge in [0, 0.05) is 29.7 Å². The molecule has 0 amide bonds. The fourth-order valence-corrected chi connectivity index (χ4v) is 5.11. The number of fused-ring (bicyclic) bond motifs is 2. The van der Waals surface area contributed by atoms with Crippen LogP contribution in [0.15, 0.2) is 11.3 Å². The summed E-state index contributed by atoms with van der Waals surface area (Å²) in [4.78, 5) is 38.0. The molecule has 6 nitrogen and oxygen atoms in total. The Bertz CT molecular complexity index is 671. The summed E-state index contributed by atoms with van der Waals surface area (Å²) in [6.07, 6.45) is -0.0319. The number of ketones is 3. The molecule has 0 heterocycles. The molecule has 0 saturated heterocycles. The maximum Gasteiger partial charge on any atom is 0.193 e. The van der Waals surface area contributed by atoms with Crippen molar-refractivity contribution in [2.45, 2.75) is 45.3 Å². The van der Waals surface area contributed by atoms with Crippen LogP contribution in [0.4, 0.5) is 0 Å². The monoisotopic (exact) mass is 322 g/mol. The van der Waals surface area contributed by atoms with Gasteiger partial charge in [-0.2, -0.15) is 0 Å². The van der Waals surface area contributed by atoms with Crippen LogP contribution in [0.1, 0.15) is 34.1 Å². The largest absolute Gasteiger partial charge is 0.500 e. The third kappa shape index (κ3) is 1.58. The highest BCUT2D eigenvalue weighted by molar-refractivity contribution is 6.15. The molecule has 0 unspecified atom stereocenters. The average Bonchev–Trinajstić information content (AvgIpc) is 2.46. The Hall–Kier alpha value is -1.53. The SMILES string of the molecule is COC1=C(C)C(=O)[C@@](C)(O)[C@H]2[C@H]3CC(=O)[C@](C)(C(=O)[C@@]3(C)O)[C@@H]12. The van der Waals surface area contributed by atoms with Gasteiger partial charge in [-0.3, -0.25) is 14.4 Å². The molecule has 4 rings (SSSR count). The van der Waals surface area contributed by atoms with Gasteiger partial charge in [-0.15, -0.1) is 0 Å². The van der Waals surface area contributed by atoms with Crippen LogP contribution in [0.5, 0.6) is 0 Å². The smallest absolute Gasteiger partial charge is 0.193 e. The van der Waals surface area contributed by atoms with Gasteiger partial charge >= 0.3 is 0 Å². The molecule has 3 saturated carbocycles. The number of carbonyl (C=O) groups excluding carboxylic acids is 3. The number of hydrogen-bond donors (Lipinski definition) is 2. The normalized spacial score (nSPS) is 49.5. The predicted molar refractivity (Wildman–Crippen MR) is 79.2 cm³/mol. The van der Waals surface area contributed by atoms with Crippen LogP contribution in [0.25, 0.3) is 0 Å². The van der Waals surface area contributed by atoms with Gasteiger partial charge in [-0.05, 0) is 27.7 Å². The zero-order valence-corrected chi connectivity index (χ0v) is 14.0. The van der Waals surface area contributed by atoms with E-state index in [1.54, 1.807) is 0 Å². The van der Waals surface area contributed by atoms with Gasteiger partial charge in [0.05, 0.1) is 12.5 Å². The number of hydrogen-bond acceptors (Lipinski definition) is 6. The van der Waals surface area contributed by atoms with E-state index in [1.807, 2.05) is 0 Å². The van der Waals surface area contributed by atoms with Crippen molar-refractivity contribution in [3.63, 3.8) is 0 Å². The van der Waals surface area contributed by atoms with Crippen molar-refractivity contribution in [1.82, 2.24) is 0 Å². The summed E-state index contributed by atoms with van der Waals surface area (Å²) in [7, 11) is 1.39. The summed E-state index contributed by atoms with van der Waals surface area (Å²) in [5.41, 5.74) is -4.78. The molecule has 0 aliphatic heterocycles. The van der Waals surface area contributed by atoms with Crippen molar-refractivity contribution >= 4 is 17.3 Å². The van der Waals surface area contributed by atoms with Crippen molar-refractivity contribution < 1.29 is 29.3 Å². The predicted octanol–water partition coefficient (Wildman–Crippen LogP) is 0.402. The summed E-state index contributed by atoms with van der Waals surface area (Å²) in [5, 5.41) is 21.6. The van der Waals surface area contributed by atoms with E-state index in [9.17, 15) is 24.6 Å². The highest BCUT2D eigenvalue weighted by Crippen LogP contribution is 2.63. The van der Waals surface area contributed by atoms with Crippen LogP contribution in [0.2, 0.25) is 0 Å². The van der Waals surface area contributed by atoms with Crippen LogP contribution >= 0.6 is 0 Å². The third-order valence-electron chi connectivity index (χ3n) is 6.37. The number of methoxy groups -OCH3 is 1. The van der Waals surface area contributed by atoms with E-state index in [-0.39, 0.29) is 23.5 Å². The first-order valence-electron chi connectivity index (χ1n) is 7.76. The lowest BCUT2D eigenvalue weighted by atomic mass is 9.41. The molecule has 2 N–H and O–H groups in total. The summed E-state index contributed by atoms with van der Waals surface area (Å²) in [6.45, 7) is 5.80. The molecule has 6 atom stereocenters. The molecule has 0 aromatic carbocycles. The fraction of sp³-hybridized carbons (Fsp3) is 0.706. The van der Waals surface area contributed by atoms with Crippen molar-refractivity contribution in [2.75, 3.05) is 7.11 Å². The number of rotatable bonds is 1. The lowest BCUT2D eigenvalue weighted by Gasteiger charge is -2.62. The topological polar surface area (TPSA) is 101 Å². The molecule has 0 spiro atoms. The molecule has 0 aromatic rings. The van der Waals surface area contributed by atoms with Gasteiger partial charge in [0.25, 0.3) is 0 Å². The number of Topliss-reactive ketones (excluding diaryl/α,β-unsaturated/α-hetero) is 3. The Morgan fingerprint density at radius 1 is 1.09 bits per heavy atom. The van der Waals surface area contributed by atoms with Gasteiger partial charge < -0.3 is 14.9 Å². The van der Waals surface area contributed by atoms with E-state index in [2.05, 4.69) is 0 Å². The van der Waals surface area contributed by atoms with Crippen LogP contribution in [-0.4, -0.2) is 45.9 Å². The molecule has 126 valence electrons. The van der Waals surface area contributed by atoms with Crippen molar-refractivity contribution in [1.29, 1.82) is 0 Å². The van der Waals surface area contributed by atoms with Gasteiger partial charge in [0.2, 0.25) is 0 Å². The highest BCUT2D eigenvalue weighted by atomic mass is 16.5. The van der Waals surface area contributed by atoms with Gasteiger partial charge in [0.15, 0.2) is 11.6 Å². The second-order valence-electron chi connectivity index (χ2n) is 7.59. The van der Waals surface area contributed by atoms with E-state index >= 15 is 0 Å². The first kappa shape index (κ1) is 16.3. The lowest BCUT2D eigenvalue weighted by Crippen LogP contribution is -2.75. The maximum atomic E-state index is 12.8. The molecule has 0 radical (unpaired) electrons. The van der Waals surface area contributed by atoms with E-state index in [0.717, 1.165) is 0 Å². The molecule has 0 aromatic heterocycles. The minimum atomic E-state index is -1.76. The number of aliphatic hydroxyl groups is 2. The molecule has 23 heavy (non-hydrogen) atoms. The molecular formula is C17H22O6. The molecular weight excluding hydrogens is 300 g/mol. The first-order chi connectivity index (χ1) is 10.4. The minimum absolute atomic E-state index is 0.0319. The Morgan fingerprint density at radius 3 is 2.17 bits per heavy atom. The average molecular weight is 322 g/mol. The molecule has 3 fully saturated rings.